The van der Waals surface area contributed by atoms with Crippen LogP contribution in [0.3, 0.4) is 0 Å². The summed E-state index contributed by atoms with van der Waals surface area (Å²) in [7, 11) is 0. The molecule has 1 aromatic carbocycles. The van der Waals surface area contributed by atoms with Gasteiger partial charge in [0.1, 0.15) is 5.69 Å². The molecule has 0 N–H and O–H groups in total. The van der Waals surface area contributed by atoms with E-state index >= 15 is 0 Å². The van der Waals surface area contributed by atoms with E-state index in [2.05, 4.69) is 32.6 Å². The summed E-state index contributed by atoms with van der Waals surface area (Å²) in [5.74, 6) is 0.794. The number of fused-ring (bicyclic) bond motifs is 1. The van der Waals surface area contributed by atoms with Gasteiger partial charge in [-0.1, -0.05) is 17.7 Å². The van der Waals surface area contributed by atoms with Gasteiger partial charge in [0.2, 0.25) is 5.89 Å². The molecule has 4 aromatic rings. The lowest BCUT2D eigenvalue weighted by atomic mass is 10.1. The number of aromatic nitrogens is 3. The zero-order valence-electron chi connectivity index (χ0n) is 14.0. The molecular formula is C19H13ClIN3O2. The third-order valence-electron chi connectivity index (χ3n) is 4.07. The number of aryl methyl sites for hydroxylation is 2. The molecule has 4 rings (SSSR count). The van der Waals surface area contributed by atoms with Gasteiger partial charge in [0.05, 0.1) is 19.6 Å². The Hall–Kier alpha value is -2.19. The number of halogens is 2. The van der Waals surface area contributed by atoms with Crippen LogP contribution in [0.4, 0.5) is 0 Å². The first-order valence-corrected chi connectivity index (χ1v) is 9.32. The van der Waals surface area contributed by atoms with Gasteiger partial charge in [-0.3, -0.25) is 4.57 Å². The molecule has 0 aliphatic rings. The van der Waals surface area contributed by atoms with Gasteiger partial charge in [0.25, 0.3) is 0 Å². The molecule has 3 heterocycles. The van der Waals surface area contributed by atoms with E-state index in [0.717, 1.165) is 14.8 Å². The van der Waals surface area contributed by atoms with Crippen LogP contribution < -0.4 is 5.63 Å². The zero-order valence-corrected chi connectivity index (χ0v) is 16.9. The van der Waals surface area contributed by atoms with Gasteiger partial charge in [0, 0.05) is 6.20 Å². The molecule has 7 heteroatoms. The third-order valence-corrected chi connectivity index (χ3v) is 5.21. The van der Waals surface area contributed by atoms with E-state index in [4.69, 9.17) is 16.0 Å². The normalized spacial score (nSPS) is 11.2. The SMILES string of the molecule is Cc1cc(C)c2nc(-c3ccc(I)n3-c3ncccc3Cl)oc(=O)c2c1. The van der Waals surface area contributed by atoms with Crippen molar-refractivity contribution in [2.75, 3.05) is 0 Å². The topological polar surface area (TPSA) is 60.9 Å². The number of hydrogen-bond acceptors (Lipinski definition) is 4. The largest absolute Gasteiger partial charge is 0.401 e. The van der Waals surface area contributed by atoms with Crippen LogP contribution in [0.2, 0.25) is 5.02 Å². The van der Waals surface area contributed by atoms with Crippen LogP contribution in [0, 0.1) is 17.5 Å². The first-order valence-electron chi connectivity index (χ1n) is 7.86. The molecular weight excluding hydrogens is 465 g/mol. The predicted octanol–water partition coefficient (Wildman–Crippen LogP) is 4.92. The Morgan fingerprint density at radius 3 is 2.77 bits per heavy atom. The molecule has 0 bridgehead atoms. The Labute approximate surface area is 167 Å². The fourth-order valence-electron chi connectivity index (χ4n) is 2.98. The molecule has 0 radical (unpaired) electrons. The molecule has 0 saturated carbocycles. The second-order valence-corrected chi connectivity index (χ2v) is 7.48. The second kappa shape index (κ2) is 6.51. The molecule has 0 aliphatic heterocycles. The summed E-state index contributed by atoms with van der Waals surface area (Å²) in [6.07, 6.45) is 1.66. The highest BCUT2D eigenvalue weighted by Gasteiger charge is 2.18. The lowest BCUT2D eigenvalue weighted by Crippen LogP contribution is -2.08. The van der Waals surface area contributed by atoms with E-state index in [1.807, 2.05) is 36.6 Å². The number of benzene rings is 1. The van der Waals surface area contributed by atoms with Crippen LogP contribution >= 0.6 is 34.2 Å². The van der Waals surface area contributed by atoms with Gasteiger partial charge in [-0.15, -0.1) is 0 Å². The van der Waals surface area contributed by atoms with Crippen molar-refractivity contribution >= 4 is 45.1 Å². The van der Waals surface area contributed by atoms with E-state index in [0.29, 0.717) is 27.4 Å². The maximum atomic E-state index is 12.5. The van der Waals surface area contributed by atoms with Crippen molar-refractivity contribution in [1.29, 1.82) is 0 Å². The van der Waals surface area contributed by atoms with Gasteiger partial charge in [0.15, 0.2) is 5.82 Å². The van der Waals surface area contributed by atoms with E-state index in [1.54, 1.807) is 24.4 Å². The standard InChI is InChI=1S/C19H13ClIN3O2/c1-10-8-11(2)16-12(9-10)19(25)26-18(23-16)14-5-6-15(21)24(14)17-13(20)4-3-7-22-17/h3-9H,1-2H3. The molecule has 26 heavy (non-hydrogen) atoms. The lowest BCUT2D eigenvalue weighted by molar-refractivity contribution is 0.514. The number of rotatable bonds is 2. The van der Waals surface area contributed by atoms with Crippen LogP contribution in [0.1, 0.15) is 11.1 Å². The number of nitrogens with zero attached hydrogens (tertiary/aromatic N) is 3. The quantitative estimate of drug-likeness (QED) is 0.385. The van der Waals surface area contributed by atoms with E-state index in [-0.39, 0.29) is 5.89 Å². The van der Waals surface area contributed by atoms with Crippen LogP contribution in [-0.4, -0.2) is 14.5 Å². The minimum absolute atomic E-state index is 0.235. The van der Waals surface area contributed by atoms with Crippen molar-refractivity contribution < 1.29 is 4.42 Å². The summed E-state index contributed by atoms with van der Waals surface area (Å²) in [6, 6.07) is 11.1. The van der Waals surface area contributed by atoms with Crippen LogP contribution in [-0.2, 0) is 0 Å². The first kappa shape index (κ1) is 17.2. The molecule has 3 aromatic heterocycles. The monoisotopic (exact) mass is 477 g/mol. The summed E-state index contributed by atoms with van der Waals surface area (Å²) in [4.78, 5) is 21.5. The molecule has 5 nitrogen and oxygen atoms in total. The molecule has 0 saturated heterocycles. The summed E-state index contributed by atoms with van der Waals surface area (Å²) in [6.45, 7) is 3.88. The average Bonchev–Trinajstić information content (AvgIpc) is 2.97. The Kier molecular flexibility index (Phi) is 4.32. The summed E-state index contributed by atoms with van der Waals surface area (Å²) >= 11 is 8.50. The smallest absolute Gasteiger partial charge is 0.347 e. The van der Waals surface area contributed by atoms with Crippen molar-refractivity contribution in [3.8, 4) is 17.4 Å². The zero-order chi connectivity index (χ0) is 18.4. The highest BCUT2D eigenvalue weighted by Crippen LogP contribution is 2.29. The van der Waals surface area contributed by atoms with Gasteiger partial charge in [-0.05, 0) is 77.9 Å². The number of pyridine rings is 1. The highest BCUT2D eigenvalue weighted by atomic mass is 127. The molecule has 0 atom stereocenters. The Morgan fingerprint density at radius 2 is 2.00 bits per heavy atom. The fourth-order valence-corrected chi connectivity index (χ4v) is 3.85. The van der Waals surface area contributed by atoms with Crippen molar-refractivity contribution in [1.82, 2.24) is 14.5 Å². The Bertz CT molecular complexity index is 1210. The molecule has 0 fully saturated rings. The summed E-state index contributed by atoms with van der Waals surface area (Å²) < 4.78 is 8.24. The Morgan fingerprint density at radius 1 is 1.19 bits per heavy atom. The highest BCUT2D eigenvalue weighted by molar-refractivity contribution is 14.1. The van der Waals surface area contributed by atoms with Gasteiger partial charge in [-0.25, -0.2) is 14.8 Å². The van der Waals surface area contributed by atoms with Crippen molar-refractivity contribution in [2.45, 2.75) is 13.8 Å². The molecule has 0 unspecified atom stereocenters. The maximum Gasteiger partial charge on any atom is 0.347 e. The molecule has 130 valence electrons. The average molecular weight is 478 g/mol. The van der Waals surface area contributed by atoms with Gasteiger partial charge >= 0.3 is 5.63 Å². The minimum atomic E-state index is -0.410. The Balaban J connectivity index is 2.01. The van der Waals surface area contributed by atoms with E-state index in [9.17, 15) is 4.79 Å². The number of hydrogen-bond donors (Lipinski definition) is 0. The van der Waals surface area contributed by atoms with E-state index < -0.39 is 5.63 Å². The van der Waals surface area contributed by atoms with Gasteiger partial charge in [-0.2, -0.15) is 0 Å². The maximum absolute atomic E-state index is 12.5. The van der Waals surface area contributed by atoms with Crippen LogP contribution in [0.25, 0.3) is 28.3 Å². The van der Waals surface area contributed by atoms with E-state index in [1.165, 1.54) is 0 Å². The van der Waals surface area contributed by atoms with Crippen LogP contribution in [0.15, 0.2) is 51.8 Å². The summed E-state index contributed by atoms with van der Waals surface area (Å²) in [5, 5.41) is 0.979. The molecule has 0 aliphatic carbocycles. The van der Waals surface area contributed by atoms with Gasteiger partial charge < -0.3 is 4.42 Å². The second-order valence-electron chi connectivity index (χ2n) is 5.97. The van der Waals surface area contributed by atoms with Crippen molar-refractivity contribution in [3.63, 3.8) is 0 Å². The fraction of sp³-hybridized carbons (Fsp3) is 0.105. The van der Waals surface area contributed by atoms with Crippen molar-refractivity contribution in [2.24, 2.45) is 0 Å². The van der Waals surface area contributed by atoms with Crippen molar-refractivity contribution in [3.05, 3.63) is 72.9 Å². The summed E-state index contributed by atoms with van der Waals surface area (Å²) in [5.41, 5.74) is 2.77. The first-order chi connectivity index (χ1) is 12.5. The molecule has 0 spiro atoms. The predicted molar refractivity (Wildman–Crippen MR) is 110 cm³/mol. The van der Waals surface area contributed by atoms with Crippen LogP contribution in [0.5, 0.6) is 0 Å². The minimum Gasteiger partial charge on any atom is -0.401 e. The third kappa shape index (κ3) is 2.83. The molecule has 0 amide bonds. The lowest BCUT2D eigenvalue weighted by Gasteiger charge is -2.11.